The maximum atomic E-state index is 12.4. The van der Waals surface area contributed by atoms with E-state index in [1.807, 2.05) is 13.8 Å². The zero-order valence-corrected chi connectivity index (χ0v) is 18.9. The van der Waals surface area contributed by atoms with E-state index in [1.54, 1.807) is 42.5 Å². The highest BCUT2D eigenvalue weighted by Gasteiger charge is 2.21. The van der Waals surface area contributed by atoms with Gasteiger partial charge in [0, 0.05) is 20.6 Å². The van der Waals surface area contributed by atoms with E-state index in [9.17, 15) is 18.0 Å². The van der Waals surface area contributed by atoms with E-state index in [0.717, 1.165) is 4.31 Å². The maximum Gasteiger partial charge on any atom is 0.338 e. The zero-order valence-electron chi connectivity index (χ0n) is 18.1. The number of hydrogen-bond acceptors (Lipinski definition) is 6. The smallest absolute Gasteiger partial charge is 0.338 e. The van der Waals surface area contributed by atoms with E-state index >= 15 is 0 Å². The molecule has 0 saturated carbocycles. The van der Waals surface area contributed by atoms with Crippen LogP contribution in [0.5, 0.6) is 5.75 Å². The molecule has 0 spiro atoms. The molecule has 1 N–H and O–H groups in total. The summed E-state index contributed by atoms with van der Waals surface area (Å²) in [4.78, 5) is 24.5. The molecule has 0 aliphatic rings. The molecule has 1 amide bonds. The molecule has 8 nitrogen and oxygen atoms in total. The minimum atomic E-state index is -3.65. The second-order valence-corrected chi connectivity index (χ2v) is 9.60. The highest BCUT2D eigenvalue weighted by atomic mass is 32.2. The molecule has 0 aliphatic heterocycles. The van der Waals surface area contributed by atoms with Crippen molar-refractivity contribution in [1.82, 2.24) is 9.62 Å². The second-order valence-electron chi connectivity index (χ2n) is 7.48. The number of hydrogen-bond donors (Lipinski definition) is 1. The van der Waals surface area contributed by atoms with Crippen LogP contribution in [0.4, 0.5) is 0 Å². The lowest BCUT2D eigenvalue weighted by Crippen LogP contribution is -2.30. The Morgan fingerprint density at radius 3 is 2.45 bits per heavy atom. The first-order valence-corrected chi connectivity index (χ1v) is 11.2. The van der Waals surface area contributed by atoms with Crippen LogP contribution < -0.4 is 10.1 Å². The first-order chi connectivity index (χ1) is 14.6. The average molecular weight is 449 g/mol. The monoisotopic (exact) mass is 448 g/mol. The van der Waals surface area contributed by atoms with Gasteiger partial charge in [-0.15, -0.1) is 0 Å². The number of ether oxygens (including phenoxy) is 2. The summed E-state index contributed by atoms with van der Waals surface area (Å²) in [6.07, 6.45) is 0. The average Bonchev–Trinajstić information content (AvgIpc) is 2.74. The number of rotatable bonds is 10. The Morgan fingerprint density at radius 2 is 1.77 bits per heavy atom. The predicted molar refractivity (Wildman–Crippen MR) is 116 cm³/mol. The first kappa shape index (κ1) is 24.4. The van der Waals surface area contributed by atoms with Crippen LogP contribution in [0.2, 0.25) is 0 Å². The van der Waals surface area contributed by atoms with Crippen molar-refractivity contribution < 1.29 is 27.5 Å². The standard InChI is InChI=1S/C22H28N2O6S/c1-16(2)14-29-19-10-7-9-17(12-19)22(26)30-15-21(25)23-13-18-8-5-6-11-20(18)31(27,28)24(3)4/h5-12,16H,13-15H2,1-4H3,(H,23,25). The molecule has 0 radical (unpaired) electrons. The van der Waals surface area contributed by atoms with Crippen LogP contribution in [0.3, 0.4) is 0 Å². The van der Waals surface area contributed by atoms with E-state index in [1.165, 1.54) is 20.2 Å². The third-order valence-electron chi connectivity index (χ3n) is 4.19. The fraction of sp³-hybridized carbons (Fsp3) is 0.364. The van der Waals surface area contributed by atoms with Crippen LogP contribution in [0, 0.1) is 5.92 Å². The maximum absolute atomic E-state index is 12.4. The quantitative estimate of drug-likeness (QED) is 0.560. The third kappa shape index (κ3) is 7.08. The minimum absolute atomic E-state index is 0.0157. The number of nitrogens with zero attached hydrogens (tertiary/aromatic N) is 1. The number of sulfonamides is 1. The van der Waals surface area contributed by atoms with Crippen LogP contribution in [0.25, 0.3) is 0 Å². The molecule has 9 heteroatoms. The second kappa shape index (κ2) is 10.9. The Bertz CT molecular complexity index is 1020. The number of carbonyl (C=O) groups is 2. The summed E-state index contributed by atoms with van der Waals surface area (Å²) in [5.74, 6) is -0.304. The van der Waals surface area contributed by atoms with Gasteiger partial charge in [-0.2, -0.15) is 0 Å². The Kier molecular flexibility index (Phi) is 8.58. The Morgan fingerprint density at radius 1 is 1.06 bits per heavy atom. The van der Waals surface area contributed by atoms with Crippen LogP contribution in [-0.2, 0) is 26.1 Å². The SMILES string of the molecule is CC(C)COc1cccc(C(=O)OCC(=O)NCc2ccccc2S(=O)(=O)N(C)C)c1. The van der Waals surface area contributed by atoms with Gasteiger partial charge < -0.3 is 14.8 Å². The molecule has 0 unspecified atom stereocenters. The lowest BCUT2D eigenvalue weighted by Gasteiger charge is -2.15. The van der Waals surface area contributed by atoms with Crippen molar-refractivity contribution in [3.8, 4) is 5.75 Å². The van der Waals surface area contributed by atoms with Gasteiger partial charge in [0.2, 0.25) is 10.0 Å². The van der Waals surface area contributed by atoms with Gasteiger partial charge in [0.25, 0.3) is 5.91 Å². The lowest BCUT2D eigenvalue weighted by atomic mass is 10.2. The number of benzene rings is 2. The van der Waals surface area contributed by atoms with E-state index < -0.39 is 28.5 Å². The van der Waals surface area contributed by atoms with Gasteiger partial charge in [-0.3, -0.25) is 4.79 Å². The van der Waals surface area contributed by atoms with Crippen molar-refractivity contribution in [2.75, 3.05) is 27.3 Å². The molecule has 31 heavy (non-hydrogen) atoms. The Hall–Kier alpha value is -2.91. The molecule has 0 bridgehead atoms. The molecule has 0 aromatic heterocycles. The molecule has 2 rings (SSSR count). The molecule has 0 heterocycles. The molecule has 2 aromatic rings. The Labute approximate surface area is 183 Å². The van der Waals surface area contributed by atoms with Crippen LogP contribution >= 0.6 is 0 Å². The van der Waals surface area contributed by atoms with Crippen molar-refractivity contribution >= 4 is 21.9 Å². The van der Waals surface area contributed by atoms with E-state index in [-0.39, 0.29) is 17.0 Å². The summed E-state index contributed by atoms with van der Waals surface area (Å²) in [6, 6.07) is 12.9. The predicted octanol–water partition coefficient (Wildman–Crippen LogP) is 2.44. The minimum Gasteiger partial charge on any atom is -0.493 e. The summed E-state index contributed by atoms with van der Waals surface area (Å²) in [6.45, 7) is 4.05. The largest absolute Gasteiger partial charge is 0.493 e. The highest BCUT2D eigenvalue weighted by molar-refractivity contribution is 7.89. The molecule has 168 valence electrons. The van der Waals surface area contributed by atoms with Crippen LogP contribution in [0.1, 0.15) is 29.8 Å². The highest BCUT2D eigenvalue weighted by Crippen LogP contribution is 2.18. The van der Waals surface area contributed by atoms with Crippen LogP contribution in [0.15, 0.2) is 53.4 Å². The fourth-order valence-corrected chi connectivity index (χ4v) is 3.65. The summed E-state index contributed by atoms with van der Waals surface area (Å²) in [5.41, 5.74) is 0.711. The number of carbonyl (C=O) groups excluding carboxylic acids is 2. The fourth-order valence-electron chi connectivity index (χ4n) is 2.53. The van der Waals surface area contributed by atoms with Gasteiger partial charge in [0.15, 0.2) is 6.61 Å². The van der Waals surface area contributed by atoms with E-state index in [2.05, 4.69) is 5.32 Å². The first-order valence-electron chi connectivity index (χ1n) is 9.78. The summed E-state index contributed by atoms with van der Waals surface area (Å²) in [5, 5.41) is 2.58. The third-order valence-corrected chi connectivity index (χ3v) is 6.11. The van der Waals surface area contributed by atoms with Crippen LogP contribution in [-0.4, -0.2) is 51.9 Å². The number of amides is 1. The van der Waals surface area contributed by atoms with Crippen molar-refractivity contribution in [3.05, 3.63) is 59.7 Å². The molecular formula is C22H28N2O6S. The lowest BCUT2D eigenvalue weighted by molar-refractivity contribution is -0.124. The molecule has 2 aromatic carbocycles. The molecule has 0 fully saturated rings. The van der Waals surface area contributed by atoms with E-state index in [4.69, 9.17) is 9.47 Å². The van der Waals surface area contributed by atoms with Gasteiger partial charge in [0.05, 0.1) is 17.1 Å². The molecule has 0 aliphatic carbocycles. The van der Waals surface area contributed by atoms with Crippen molar-refractivity contribution in [2.24, 2.45) is 5.92 Å². The van der Waals surface area contributed by atoms with Gasteiger partial charge in [0.1, 0.15) is 5.75 Å². The molecule has 0 atom stereocenters. The van der Waals surface area contributed by atoms with Crippen molar-refractivity contribution in [2.45, 2.75) is 25.3 Å². The number of esters is 1. The van der Waals surface area contributed by atoms with Gasteiger partial charge in [-0.1, -0.05) is 38.1 Å². The van der Waals surface area contributed by atoms with Gasteiger partial charge in [-0.25, -0.2) is 17.5 Å². The summed E-state index contributed by atoms with van der Waals surface area (Å²) >= 11 is 0. The molecular weight excluding hydrogens is 420 g/mol. The summed E-state index contributed by atoms with van der Waals surface area (Å²) in [7, 11) is -0.772. The van der Waals surface area contributed by atoms with Crippen molar-refractivity contribution in [1.29, 1.82) is 0 Å². The van der Waals surface area contributed by atoms with E-state index in [0.29, 0.717) is 23.8 Å². The van der Waals surface area contributed by atoms with Crippen molar-refractivity contribution in [3.63, 3.8) is 0 Å². The zero-order chi connectivity index (χ0) is 23.0. The van der Waals surface area contributed by atoms with Gasteiger partial charge >= 0.3 is 5.97 Å². The summed E-state index contributed by atoms with van der Waals surface area (Å²) < 4.78 is 36.6. The van der Waals surface area contributed by atoms with Gasteiger partial charge in [-0.05, 0) is 35.7 Å². The topological polar surface area (TPSA) is 102 Å². The number of nitrogens with one attached hydrogen (secondary N) is 1. The Balaban J connectivity index is 1.92. The molecule has 0 saturated heterocycles. The normalized spacial score (nSPS) is 11.4.